The molecule has 7 aliphatic rings. The molecule has 12 radical (unpaired) electrons. The molecule has 7 aliphatic heterocycles. The van der Waals surface area contributed by atoms with E-state index in [2.05, 4.69) is 157 Å². The lowest BCUT2D eigenvalue weighted by atomic mass is 9.01. The van der Waals surface area contributed by atoms with Gasteiger partial charge >= 0.3 is 43.6 Å². The molecule has 16 rings (SSSR count). The lowest BCUT2D eigenvalue weighted by Gasteiger charge is -2.32. The van der Waals surface area contributed by atoms with Crippen LogP contribution in [0.1, 0.15) is 186 Å². The van der Waals surface area contributed by atoms with E-state index in [1.807, 2.05) is 116 Å². The highest BCUT2D eigenvalue weighted by atomic mass is 79.9. The van der Waals surface area contributed by atoms with Gasteiger partial charge in [0.05, 0.1) is 63.5 Å². The van der Waals surface area contributed by atoms with E-state index < -0.39 is 35.5 Å². The van der Waals surface area contributed by atoms with Crippen molar-refractivity contribution in [3.8, 4) is 33.8 Å². The van der Waals surface area contributed by atoms with Crippen molar-refractivity contribution in [3.63, 3.8) is 0 Å². The number of aryl methyl sites for hydroxylation is 6. The lowest BCUT2D eigenvalue weighted by molar-refractivity contribution is -0.193. The van der Waals surface area contributed by atoms with Crippen LogP contribution in [0.4, 0.5) is 66.2 Å². The van der Waals surface area contributed by atoms with Gasteiger partial charge in [0.15, 0.2) is 0 Å². The average molecular weight is 2070 g/mol. The molecule has 1 saturated heterocycles. The van der Waals surface area contributed by atoms with Crippen LogP contribution in [0.25, 0.3) is 44.9 Å². The fourth-order valence-corrected chi connectivity index (χ4v) is 16.3. The summed E-state index contributed by atoms with van der Waals surface area (Å²) in [6.45, 7) is 31.6. The van der Waals surface area contributed by atoms with Crippen LogP contribution in [0.5, 0.6) is 0 Å². The Morgan fingerprint density at radius 3 is 1.16 bits per heavy atom. The van der Waals surface area contributed by atoms with Gasteiger partial charge < -0.3 is 60.1 Å². The van der Waals surface area contributed by atoms with Gasteiger partial charge in [0.2, 0.25) is 0 Å². The monoisotopic (exact) mass is 2070 g/mol. The van der Waals surface area contributed by atoms with E-state index in [-0.39, 0.29) is 80.9 Å². The molecule has 25 nitrogen and oxygen atoms in total. The number of nitrogens with zero attached hydrogens (tertiary/aromatic N) is 11. The number of carboxylic acid groups (broad SMARTS) is 2. The van der Waals surface area contributed by atoms with E-state index in [1.54, 1.807) is 42.1 Å². The summed E-state index contributed by atoms with van der Waals surface area (Å²) >= 11 is 21.8. The summed E-state index contributed by atoms with van der Waals surface area (Å²) in [5, 5.41) is 54.9. The Morgan fingerprint density at radius 2 is 0.859 bits per heavy atom. The minimum atomic E-state index is -5.08. The molecule has 0 saturated carbocycles. The number of halogens is 13. The fraction of sp³-hybridized carbons (Fsp3) is 0.429. The number of nitrogens with one attached hydrogen (secondary N) is 4. The van der Waals surface area contributed by atoms with Crippen LogP contribution < -0.4 is 21.3 Å². The van der Waals surface area contributed by atoms with Gasteiger partial charge in [-0.05, 0) is 272 Å². The largest absolute Gasteiger partial charge is 0.490 e. The molecule has 2 amide bonds. The zero-order valence-electron chi connectivity index (χ0n) is 78.3. The summed E-state index contributed by atoms with van der Waals surface area (Å²) < 4.78 is 135. The Kier molecular flexibility index (Phi) is 44.8. The second-order valence-corrected chi connectivity index (χ2v) is 37.6. The predicted octanol–water partition coefficient (Wildman–Crippen LogP) is 16.5. The first-order chi connectivity index (χ1) is 65.8. The number of ether oxygens (including phenoxy) is 2. The SMILES string of the molecule is C.C.CC(C)(C)OC(=O)N1CC=C(B2OC(C)(C)C(C)(C)O2)CC1.Cc1nnn2c1-c1ccc(Br)cc1C(Nc1cc(F)cc(Cl)c1)CC2.Cc1nnn2c1-c1ccc(C3=CCN(C(=O)OC(C)(C)C)CC3)cc1C(Nc1cc(F)cc(Cl)c1)CC2.Cc1nnn2c1-c1ccc(C3=CCNCC3)cc1C(Nc1cc(F)cc(Cl)c1)CC2.O=C(O)C(F)(F)F.O=C(O)C(F)(F)F.[BH3-][B][B][B][B][BH3-].[B][B][B][B][B][B]. The number of hydrogen-bond donors (Lipinski definition) is 6. The minimum absolute atomic E-state index is 0. The van der Waals surface area contributed by atoms with Crippen molar-refractivity contribution in [3.05, 3.63) is 215 Å². The lowest BCUT2D eigenvalue weighted by Crippen LogP contribution is -2.41. The summed E-state index contributed by atoms with van der Waals surface area (Å²) in [7, 11) is 25.7. The maximum Gasteiger partial charge on any atom is 0.490 e. The predicted molar refractivity (Wildman–Crippen MR) is 566 cm³/mol. The molecular formula is C91H113B13BrCl3F9N15O10-2. The second kappa shape index (κ2) is 53.4. The topological polar surface area (TPSA) is 292 Å². The van der Waals surface area contributed by atoms with Gasteiger partial charge in [0, 0.05) is 149 Å². The summed E-state index contributed by atoms with van der Waals surface area (Å²) in [6, 6.07) is 32.7. The number of fused-ring (bicyclic) bond motifs is 9. The van der Waals surface area contributed by atoms with Crippen molar-refractivity contribution < 1.29 is 87.7 Å². The standard InChI is InChI=1S/C28H31ClFN5O2.C23H23ClFN5.C18H15BrClFN4.C16H28BNO4.2C2HF3O2.2CH4.B6H6.B6/c1-17-26-23-6-5-19(18-7-10-34(11-8-18)27(36)37-28(2,3)4)13-24(23)25(9-12-35(26)33-32-17)31-22-15-20(29)14-21(30)16-22;1-14-23-20-3-2-16(15-4-7-26-8-5-15)10-21(20)22(6-9-30(23)29-28-14)27-19-12-17(24)11-18(25)13-19;1-10-18-15-3-2-11(19)6-16(15)17(4-5-25(18)24-23-10)22-14-8-12(20)7-13(21)9-14;1-14(2,3)20-13(19)18-10-8-12(9-11-18)17-21-15(4,5)16(6,7)22-17;2*3-2(4,5)1(6)7;;;2*1-3-5-6-4-2/h5-7,13-16,25,31H,8-12H2,1-4H3;2-4,10-13,22,26-27H,5-9H2,1H3;2-3,6-9,17,22H,4-5H2,1H3;8H,9-11H2,1-7H3;2*(H,6,7);2*1H4;1-2H3;/q;;;;;;;;-2;. The molecule has 51 heteroatoms. The van der Waals surface area contributed by atoms with Gasteiger partial charge in [-0.1, -0.05) is 145 Å². The Balaban J connectivity index is 0.000000238. The fourth-order valence-electron chi connectivity index (χ4n) is 15.2. The van der Waals surface area contributed by atoms with Crippen LogP contribution in [0.2, 0.25) is 15.1 Å². The van der Waals surface area contributed by atoms with E-state index >= 15 is 0 Å². The van der Waals surface area contributed by atoms with Gasteiger partial charge in [0.1, 0.15) is 28.7 Å². The number of benzene rings is 6. The van der Waals surface area contributed by atoms with Crippen molar-refractivity contribution in [2.24, 2.45) is 0 Å². The van der Waals surface area contributed by atoms with Crippen molar-refractivity contribution in [1.82, 2.24) is 60.1 Å². The number of carboxylic acids is 2. The van der Waals surface area contributed by atoms with Crippen molar-refractivity contribution in [2.75, 3.05) is 55.2 Å². The first-order valence-corrected chi connectivity index (χ1v) is 45.7. The number of aromatic nitrogens is 9. The van der Waals surface area contributed by atoms with E-state index in [0.717, 1.165) is 142 Å². The summed E-state index contributed by atoms with van der Waals surface area (Å²) in [5.74, 6) is -6.60. The third-order valence-corrected chi connectivity index (χ3v) is 23.4. The Labute approximate surface area is 859 Å². The molecular weight excluding hydrogens is 1960 g/mol. The molecule has 3 aromatic heterocycles. The molecule has 3 unspecified atom stereocenters. The summed E-state index contributed by atoms with van der Waals surface area (Å²) in [4.78, 5) is 45.8. The highest BCUT2D eigenvalue weighted by Crippen LogP contribution is 2.45. The zero-order valence-corrected chi connectivity index (χ0v) is 82.2. The van der Waals surface area contributed by atoms with Gasteiger partial charge in [-0.25, -0.2) is 46.4 Å². The molecule has 0 spiro atoms. The number of rotatable bonds is 15. The number of anilines is 3. The average Bonchev–Trinajstić information content (AvgIpc) is 1.62. The van der Waals surface area contributed by atoms with Gasteiger partial charge in [-0.3, -0.25) is 0 Å². The van der Waals surface area contributed by atoms with Crippen LogP contribution in [0.15, 0.2) is 137 Å². The maximum atomic E-state index is 14.1. The Morgan fingerprint density at radius 1 is 0.514 bits per heavy atom. The van der Waals surface area contributed by atoms with Crippen molar-refractivity contribution >= 4 is 198 Å². The molecule has 6 N–H and O–H groups in total. The number of amides is 2. The third-order valence-electron chi connectivity index (χ3n) is 22.3. The number of hydrogen-bond acceptors (Lipinski definition) is 18. The summed E-state index contributed by atoms with van der Waals surface area (Å²) in [6.07, 6.45) is 0.482. The number of aliphatic carboxylic acids is 2. The molecule has 6 aromatic carbocycles. The molecule has 0 bridgehead atoms. The van der Waals surface area contributed by atoms with Gasteiger partial charge in [-0.2, -0.15) is 40.5 Å². The van der Waals surface area contributed by atoms with E-state index in [4.69, 9.17) is 88.9 Å². The van der Waals surface area contributed by atoms with Crippen LogP contribution in [-0.2, 0) is 48.0 Å². The highest BCUT2D eigenvalue weighted by molar-refractivity contribution is 9.10. The maximum absolute atomic E-state index is 14.1. The first-order valence-electron chi connectivity index (χ1n) is 43.8. The molecule has 744 valence electrons. The second-order valence-electron chi connectivity index (χ2n) is 35.4. The molecule has 9 aromatic rings. The number of carbonyl (C=O) groups excluding carboxylic acids is 2. The van der Waals surface area contributed by atoms with Crippen molar-refractivity contribution in [1.29, 1.82) is 0 Å². The quantitative estimate of drug-likeness (QED) is 0.0316. The van der Waals surface area contributed by atoms with Crippen LogP contribution in [0.3, 0.4) is 0 Å². The third kappa shape index (κ3) is 34.8. The number of alkyl halides is 6. The van der Waals surface area contributed by atoms with E-state index in [9.17, 15) is 49.1 Å². The highest BCUT2D eigenvalue weighted by Gasteiger charge is 2.53. The molecule has 142 heavy (non-hydrogen) atoms. The van der Waals surface area contributed by atoms with E-state index in [1.165, 1.54) is 72.8 Å². The Bertz CT molecular complexity index is 5770. The smallest absolute Gasteiger partial charge is 0.475 e. The first kappa shape index (κ1) is 119. The molecule has 0 aliphatic carbocycles. The normalized spacial score (nSPS) is 16.6. The van der Waals surface area contributed by atoms with Crippen LogP contribution in [-0.4, -0.2) is 258 Å². The minimum Gasteiger partial charge on any atom is -0.475 e. The van der Waals surface area contributed by atoms with Crippen LogP contribution >= 0.6 is 50.7 Å². The molecule has 1 fully saturated rings. The van der Waals surface area contributed by atoms with E-state index in [0.29, 0.717) is 80.3 Å². The number of carbonyl (C=O) groups is 4. The van der Waals surface area contributed by atoms with Crippen LogP contribution in [0, 0.1) is 38.2 Å². The zero-order chi connectivity index (χ0) is 103. The van der Waals surface area contributed by atoms with Crippen molar-refractivity contribution in [2.45, 2.75) is 216 Å². The Hall–Kier alpha value is -9.72. The molecule has 3 atom stereocenters. The van der Waals surface area contributed by atoms with Gasteiger partial charge in [0.25, 0.3) is 0 Å². The van der Waals surface area contributed by atoms with Gasteiger partial charge in [-0.15, -0.1) is 15.3 Å². The molecule has 10 heterocycles. The summed E-state index contributed by atoms with van der Waals surface area (Å²) in [5.41, 5.74) is 18.7.